The van der Waals surface area contributed by atoms with Crippen LogP contribution in [-0.4, -0.2) is 66.9 Å². The molecular weight excluding hydrogens is 379 g/mol. The van der Waals surface area contributed by atoms with E-state index in [1.807, 2.05) is 0 Å². The summed E-state index contributed by atoms with van der Waals surface area (Å²) in [7, 11) is -5.00. The Morgan fingerprint density at radius 2 is 1.50 bits per heavy atom. The van der Waals surface area contributed by atoms with E-state index in [0.717, 1.165) is 24.3 Å². The van der Waals surface area contributed by atoms with Gasteiger partial charge in [-0.05, 0) is 12.1 Å². The molecule has 0 aliphatic heterocycles. The molecule has 1 aromatic rings. The highest BCUT2D eigenvalue weighted by Crippen LogP contribution is 2.47. The first-order valence-corrected chi connectivity index (χ1v) is 8.36. The highest BCUT2D eigenvalue weighted by atomic mass is 31.2. The quantitative estimate of drug-likeness (QED) is 0.180. The number of aliphatic hydroxyl groups excluding tert-OH is 4. The van der Waals surface area contributed by atoms with Crippen molar-refractivity contribution in [2.75, 3.05) is 0 Å². The average molecular weight is 398 g/mol. The monoisotopic (exact) mass is 398 g/mol. The molecule has 9 N–H and O–H groups in total. The van der Waals surface area contributed by atoms with Gasteiger partial charge in [0.15, 0.2) is 0 Å². The van der Waals surface area contributed by atoms with Crippen LogP contribution < -0.4 is 15.8 Å². The molecule has 0 bridgehead atoms. The molecule has 0 heterocycles. The summed E-state index contributed by atoms with van der Waals surface area (Å²) < 4.78 is 21.1. The Hall–Kier alpha value is -1.67. The molecule has 7 atom stereocenters. The van der Waals surface area contributed by atoms with Crippen LogP contribution in [0, 0.1) is 10.1 Å². The minimum absolute atomic E-state index is 0. The zero-order valence-electron chi connectivity index (χ0n) is 13.4. The van der Waals surface area contributed by atoms with E-state index in [4.69, 9.17) is 0 Å². The largest absolute Gasteiger partial charge is 0.848 e. The lowest BCUT2D eigenvalue weighted by atomic mass is 9.85. The molecule has 1 aromatic carbocycles. The van der Waals surface area contributed by atoms with Crippen LogP contribution in [-0.2, 0) is 9.09 Å². The lowest BCUT2D eigenvalue weighted by molar-refractivity contribution is -0.473. The summed E-state index contributed by atoms with van der Waals surface area (Å²) in [5.74, 6) is -0.301. The zero-order chi connectivity index (χ0) is 18.9. The van der Waals surface area contributed by atoms with E-state index < -0.39 is 49.4 Å². The van der Waals surface area contributed by atoms with Crippen LogP contribution >= 0.6 is 7.82 Å². The number of phosphoric acid groups is 1. The minimum Gasteiger partial charge on any atom is -0.848 e. The van der Waals surface area contributed by atoms with Crippen molar-refractivity contribution < 1.29 is 49.0 Å². The van der Waals surface area contributed by atoms with E-state index in [9.17, 15) is 45.1 Å². The zero-order valence-corrected chi connectivity index (χ0v) is 14.2. The standard InChI is InChI=1S/C12H15NO11P.H3N/c14-7-8(15)10(17)12(11(18)9(7)16)24-25(21,22)23-6-3-1-5(2-4-6)13(19)20;/h1-4,7-12,14-17H,(H,21,22);1H3/q-1;/p+1/t7-,8-,9-,10-,11-,12-;/m1./s1. The molecule has 26 heavy (non-hydrogen) atoms. The maximum atomic E-state index is 12.0. The van der Waals surface area contributed by atoms with E-state index in [1.165, 1.54) is 0 Å². The van der Waals surface area contributed by atoms with Crippen LogP contribution in [0.3, 0.4) is 0 Å². The number of nitro benzene ring substituents is 1. The number of hydrogen-bond donors (Lipinski definition) is 6. The maximum Gasteiger partial charge on any atom is 0.527 e. The second-order valence-corrected chi connectivity index (χ2v) is 6.64. The maximum absolute atomic E-state index is 12.0. The van der Waals surface area contributed by atoms with Crippen molar-refractivity contribution in [2.24, 2.45) is 0 Å². The molecule has 1 aliphatic carbocycles. The highest BCUT2D eigenvalue weighted by molar-refractivity contribution is 7.47. The summed E-state index contributed by atoms with van der Waals surface area (Å²) in [6.45, 7) is 0. The molecule has 0 aromatic heterocycles. The van der Waals surface area contributed by atoms with Crippen LogP contribution in [0.25, 0.3) is 0 Å². The SMILES string of the molecule is O=[N+]([O-])c1ccc(OP(=O)(O)O[C@H]2[C@H]([O-])[C@H](O)[C@H](O)[C@@H](O)[C@H]2O)cc1.[NH4+]. The van der Waals surface area contributed by atoms with E-state index >= 15 is 0 Å². The van der Waals surface area contributed by atoms with Gasteiger partial charge in [0.1, 0.15) is 24.1 Å². The number of hydrogen-bond acceptors (Lipinski definition) is 10. The fraction of sp³-hybridized carbons (Fsp3) is 0.500. The van der Waals surface area contributed by atoms with Gasteiger partial charge in [-0.25, -0.2) is 4.57 Å². The van der Waals surface area contributed by atoms with E-state index in [1.54, 1.807) is 0 Å². The number of phosphoric ester groups is 1. The van der Waals surface area contributed by atoms with Crippen molar-refractivity contribution in [2.45, 2.75) is 36.6 Å². The second kappa shape index (κ2) is 8.35. The number of benzene rings is 1. The summed E-state index contributed by atoms with van der Waals surface area (Å²) in [4.78, 5) is 19.5. The molecule has 1 unspecified atom stereocenters. The molecule has 14 heteroatoms. The third kappa shape index (κ3) is 4.73. The third-order valence-corrected chi connectivity index (χ3v) is 4.52. The van der Waals surface area contributed by atoms with Gasteiger partial charge in [0.05, 0.1) is 17.1 Å². The molecule has 1 fully saturated rings. The van der Waals surface area contributed by atoms with Gasteiger partial charge in [0.25, 0.3) is 5.69 Å². The number of nitro groups is 1. The predicted octanol–water partition coefficient (Wildman–Crippen LogP) is -1.98. The third-order valence-electron chi connectivity index (χ3n) is 3.57. The van der Waals surface area contributed by atoms with Crippen molar-refractivity contribution in [1.82, 2.24) is 6.15 Å². The molecule has 0 amide bonds. The number of non-ortho nitro benzene ring substituents is 1. The van der Waals surface area contributed by atoms with Gasteiger partial charge < -0.3 is 36.2 Å². The first-order valence-electron chi connectivity index (χ1n) is 6.87. The topological polar surface area (TPSA) is 239 Å². The fourth-order valence-corrected chi connectivity index (χ4v) is 3.22. The van der Waals surface area contributed by atoms with E-state index in [-0.39, 0.29) is 17.6 Å². The summed E-state index contributed by atoms with van der Waals surface area (Å²) >= 11 is 0. The van der Waals surface area contributed by atoms with Crippen molar-refractivity contribution in [3.05, 3.63) is 34.4 Å². The van der Waals surface area contributed by atoms with Crippen molar-refractivity contribution in [3.8, 4) is 5.75 Å². The first kappa shape index (κ1) is 22.4. The van der Waals surface area contributed by atoms with Crippen molar-refractivity contribution in [3.63, 3.8) is 0 Å². The normalized spacial score (nSPS) is 33.6. The van der Waals surface area contributed by atoms with E-state index in [0.29, 0.717) is 0 Å². The number of rotatable bonds is 5. The van der Waals surface area contributed by atoms with Gasteiger partial charge in [-0.2, -0.15) is 0 Å². The number of quaternary nitrogens is 1. The Bertz CT molecular complexity index is 656. The summed E-state index contributed by atoms with van der Waals surface area (Å²) in [6, 6.07) is 3.99. The molecule has 148 valence electrons. The van der Waals surface area contributed by atoms with Gasteiger partial charge >= 0.3 is 7.82 Å². The molecule has 0 radical (unpaired) electrons. The summed E-state index contributed by atoms with van der Waals surface area (Å²) in [5.41, 5.74) is -0.302. The summed E-state index contributed by atoms with van der Waals surface area (Å²) in [6.07, 6.45) is -12.3. The van der Waals surface area contributed by atoms with E-state index in [2.05, 4.69) is 9.05 Å². The predicted molar refractivity (Wildman–Crippen MR) is 82.2 cm³/mol. The first-order chi connectivity index (χ1) is 11.5. The van der Waals surface area contributed by atoms with Crippen LogP contribution in [0.4, 0.5) is 5.69 Å². The van der Waals surface area contributed by atoms with Gasteiger partial charge in [-0.3, -0.25) is 19.5 Å². The Kier molecular flexibility index (Phi) is 7.18. The number of nitrogens with zero attached hydrogens (tertiary/aromatic N) is 1. The van der Waals surface area contributed by atoms with Crippen LogP contribution in [0.1, 0.15) is 0 Å². The molecule has 0 spiro atoms. The Labute approximate surface area is 146 Å². The molecule has 13 nitrogen and oxygen atoms in total. The molecule has 2 rings (SSSR count). The fourth-order valence-electron chi connectivity index (χ4n) is 2.24. The van der Waals surface area contributed by atoms with Gasteiger partial charge in [0.2, 0.25) is 0 Å². The Morgan fingerprint density at radius 1 is 1.00 bits per heavy atom. The van der Waals surface area contributed by atoms with Crippen LogP contribution in [0.5, 0.6) is 5.75 Å². The molecule has 0 saturated heterocycles. The average Bonchev–Trinajstić information content (AvgIpc) is 2.55. The molecule has 1 saturated carbocycles. The summed E-state index contributed by atoms with van der Waals surface area (Å²) in [5, 5.41) is 60.5. The Morgan fingerprint density at radius 3 is 2.00 bits per heavy atom. The van der Waals surface area contributed by atoms with Crippen molar-refractivity contribution >= 4 is 13.5 Å². The highest BCUT2D eigenvalue weighted by Gasteiger charge is 2.47. The lowest BCUT2D eigenvalue weighted by Gasteiger charge is -2.47. The van der Waals surface area contributed by atoms with Gasteiger partial charge in [-0.15, -0.1) is 0 Å². The minimum atomic E-state index is -5.00. The van der Waals surface area contributed by atoms with Gasteiger partial charge in [-0.1, -0.05) is 6.10 Å². The number of aliphatic hydroxyl groups is 4. The van der Waals surface area contributed by atoms with Crippen LogP contribution in [0.2, 0.25) is 0 Å². The Balaban J connectivity index is 0.00000338. The molecular formula is C12H19N2O11P. The molecule has 1 aliphatic rings. The van der Waals surface area contributed by atoms with Gasteiger partial charge in [0, 0.05) is 12.1 Å². The van der Waals surface area contributed by atoms with Crippen LogP contribution in [0.15, 0.2) is 24.3 Å². The lowest BCUT2D eigenvalue weighted by Crippen LogP contribution is -2.68. The second-order valence-electron chi connectivity index (χ2n) is 5.31. The smallest absolute Gasteiger partial charge is 0.527 e. The van der Waals surface area contributed by atoms with Crippen molar-refractivity contribution in [1.29, 1.82) is 0 Å².